The molecule has 1 N–H and O–H groups in total. The lowest BCUT2D eigenvalue weighted by molar-refractivity contribution is -0.123. The lowest BCUT2D eigenvalue weighted by Gasteiger charge is -2.15. The van der Waals surface area contributed by atoms with Crippen LogP contribution < -0.4 is 14.8 Å². The van der Waals surface area contributed by atoms with E-state index in [4.69, 9.17) is 14.7 Å². The molecule has 0 fully saturated rings. The van der Waals surface area contributed by atoms with Gasteiger partial charge < -0.3 is 14.8 Å². The number of carbonyl (C=O) groups is 1. The van der Waals surface area contributed by atoms with Crippen molar-refractivity contribution in [3.8, 4) is 17.6 Å². The molecule has 1 unspecified atom stereocenters. The molecule has 5 nitrogen and oxygen atoms in total. The number of rotatable bonds is 7. The minimum absolute atomic E-state index is 0.0609. The van der Waals surface area contributed by atoms with Gasteiger partial charge in [-0.15, -0.1) is 0 Å². The van der Waals surface area contributed by atoms with Gasteiger partial charge in [0.05, 0.1) is 24.3 Å². The predicted molar refractivity (Wildman–Crippen MR) is 90.8 cm³/mol. The van der Waals surface area contributed by atoms with E-state index in [0.717, 1.165) is 11.3 Å². The van der Waals surface area contributed by atoms with Crippen molar-refractivity contribution in [1.29, 1.82) is 5.26 Å². The third kappa shape index (κ3) is 5.03. The van der Waals surface area contributed by atoms with Crippen LogP contribution in [-0.4, -0.2) is 19.1 Å². The molecule has 124 valence electrons. The molecule has 0 aliphatic rings. The van der Waals surface area contributed by atoms with Crippen molar-refractivity contribution in [2.75, 3.05) is 13.2 Å². The molecule has 1 atom stereocenters. The Kier molecular flexibility index (Phi) is 6.21. The Balaban J connectivity index is 1.82. The monoisotopic (exact) mass is 324 g/mol. The molecule has 0 aliphatic carbocycles. The summed E-state index contributed by atoms with van der Waals surface area (Å²) in [6.07, 6.45) is 0. The molecule has 5 heteroatoms. The third-order valence-corrected chi connectivity index (χ3v) is 3.42. The van der Waals surface area contributed by atoms with Gasteiger partial charge in [0.2, 0.25) is 0 Å². The second kappa shape index (κ2) is 8.59. The highest BCUT2D eigenvalue weighted by molar-refractivity contribution is 5.78. The molecule has 0 aliphatic heterocycles. The van der Waals surface area contributed by atoms with Crippen molar-refractivity contribution in [3.63, 3.8) is 0 Å². The van der Waals surface area contributed by atoms with Crippen molar-refractivity contribution in [1.82, 2.24) is 5.32 Å². The summed E-state index contributed by atoms with van der Waals surface area (Å²) in [5.74, 6) is 1.17. The number of nitriles is 1. The summed E-state index contributed by atoms with van der Waals surface area (Å²) in [6, 6.07) is 16.2. The number of nitrogens with one attached hydrogen (secondary N) is 1. The molecular formula is C19H20N2O3. The highest BCUT2D eigenvalue weighted by Gasteiger charge is 2.10. The van der Waals surface area contributed by atoms with Gasteiger partial charge in [-0.25, -0.2) is 0 Å². The van der Waals surface area contributed by atoms with E-state index in [9.17, 15) is 4.79 Å². The van der Waals surface area contributed by atoms with Crippen molar-refractivity contribution < 1.29 is 14.3 Å². The highest BCUT2D eigenvalue weighted by Crippen LogP contribution is 2.17. The minimum Gasteiger partial charge on any atom is -0.494 e. The largest absolute Gasteiger partial charge is 0.494 e. The zero-order valence-corrected chi connectivity index (χ0v) is 13.8. The standard InChI is InChI=1S/C19H20N2O3/c1-3-23-17-8-10-18(11-9-17)24-13-19(22)21-14(2)16-6-4-15(12-20)5-7-16/h4-11,14H,3,13H2,1-2H3,(H,21,22). The third-order valence-electron chi connectivity index (χ3n) is 3.42. The Hall–Kier alpha value is -3.00. The fraction of sp³-hybridized carbons (Fsp3) is 0.263. The van der Waals surface area contributed by atoms with Crippen molar-refractivity contribution in [2.24, 2.45) is 0 Å². The fourth-order valence-electron chi connectivity index (χ4n) is 2.16. The first-order chi connectivity index (χ1) is 11.6. The number of hydrogen-bond acceptors (Lipinski definition) is 4. The zero-order valence-electron chi connectivity index (χ0n) is 13.8. The maximum absolute atomic E-state index is 12.0. The topological polar surface area (TPSA) is 71.3 Å². The Morgan fingerprint density at radius 3 is 2.21 bits per heavy atom. The first kappa shape index (κ1) is 17.4. The molecule has 2 rings (SSSR count). The Labute approximate surface area is 141 Å². The van der Waals surface area contributed by atoms with Gasteiger partial charge in [-0.1, -0.05) is 12.1 Å². The molecule has 0 spiro atoms. The maximum Gasteiger partial charge on any atom is 0.258 e. The summed E-state index contributed by atoms with van der Waals surface area (Å²) in [6.45, 7) is 4.35. The number of carbonyl (C=O) groups excluding carboxylic acids is 1. The van der Waals surface area contributed by atoms with Gasteiger partial charge in [-0.05, 0) is 55.8 Å². The van der Waals surface area contributed by atoms with Crippen LogP contribution in [0.3, 0.4) is 0 Å². The van der Waals surface area contributed by atoms with Gasteiger partial charge in [0.15, 0.2) is 6.61 Å². The molecular weight excluding hydrogens is 304 g/mol. The van der Waals surface area contributed by atoms with E-state index < -0.39 is 0 Å². The fourth-order valence-corrected chi connectivity index (χ4v) is 2.16. The SMILES string of the molecule is CCOc1ccc(OCC(=O)NC(C)c2ccc(C#N)cc2)cc1. The average molecular weight is 324 g/mol. The summed E-state index contributed by atoms with van der Waals surface area (Å²) in [5.41, 5.74) is 1.53. The summed E-state index contributed by atoms with van der Waals surface area (Å²) in [5, 5.41) is 11.7. The normalized spacial score (nSPS) is 11.2. The summed E-state index contributed by atoms with van der Waals surface area (Å²) in [7, 11) is 0. The second-order valence-electron chi connectivity index (χ2n) is 5.22. The molecule has 0 aromatic heterocycles. The molecule has 1 amide bonds. The summed E-state index contributed by atoms with van der Waals surface area (Å²) in [4.78, 5) is 12.0. The van der Waals surface area contributed by atoms with Gasteiger partial charge in [0, 0.05) is 0 Å². The number of hydrogen-bond donors (Lipinski definition) is 1. The van der Waals surface area contributed by atoms with Gasteiger partial charge in [0.25, 0.3) is 5.91 Å². The number of benzene rings is 2. The van der Waals surface area contributed by atoms with E-state index in [-0.39, 0.29) is 18.6 Å². The van der Waals surface area contributed by atoms with Crippen molar-refractivity contribution in [3.05, 3.63) is 59.7 Å². The van der Waals surface area contributed by atoms with Gasteiger partial charge in [-0.2, -0.15) is 5.26 Å². The number of ether oxygens (including phenoxy) is 2. The van der Waals surface area contributed by atoms with Crippen LogP contribution in [-0.2, 0) is 4.79 Å². The first-order valence-corrected chi connectivity index (χ1v) is 7.77. The molecule has 0 saturated carbocycles. The van der Waals surface area contributed by atoms with Crippen LogP contribution >= 0.6 is 0 Å². The van der Waals surface area contributed by atoms with E-state index in [0.29, 0.717) is 17.9 Å². The highest BCUT2D eigenvalue weighted by atomic mass is 16.5. The van der Waals surface area contributed by atoms with Crippen LogP contribution in [0, 0.1) is 11.3 Å². The van der Waals surface area contributed by atoms with Crippen LogP contribution in [0.2, 0.25) is 0 Å². The van der Waals surface area contributed by atoms with E-state index >= 15 is 0 Å². The predicted octanol–water partition coefficient (Wildman–Crippen LogP) is 3.21. The Bertz CT molecular complexity index is 703. The van der Waals surface area contributed by atoms with Crippen LogP contribution in [0.15, 0.2) is 48.5 Å². The van der Waals surface area contributed by atoms with E-state index in [1.165, 1.54) is 0 Å². The second-order valence-corrected chi connectivity index (χ2v) is 5.22. The average Bonchev–Trinajstić information content (AvgIpc) is 2.61. The maximum atomic E-state index is 12.0. The molecule has 0 radical (unpaired) electrons. The van der Waals surface area contributed by atoms with E-state index in [1.54, 1.807) is 36.4 Å². The van der Waals surface area contributed by atoms with E-state index in [1.807, 2.05) is 26.0 Å². The lowest BCUT2D eigenvalue weighted by Crippen LogP contribution is -2.31. The van der Waals surface area contributed by atoms with Crippen LogP contribution in [0.1, 0.15) is 31.0 Å². The molecule has 0 bridgehead atoms. The van der Waals surface area contributed by atoms with Gasteiger partial charge in [-0.3, -0.25) is 4.79 Å². The summed E-state index contributed by atoms with van der Waals surface area (Å²) >= 11 is 0. The van der Waals surface area contributed by atoms with E-state index in [2.05, 4.69) is 11.4 Å². The quantitative estimate of drug-likeness (QED) is 0.849. The molecule has 2 aromatic carbocycles. The number of amides is 1. The molecule has 0 saturated heterocycles. The van der Waals surface area contributed by atoms with Crippen molar-refractivity contribution >= 4 is 5.91 Å². The van der Waals surface area contributed by atoms with Crippen molar-refractivity contribution in [2.45, 2.75) is 19.9 Å². The molecule has 24 heavy (non-hydrogen) atoms. The molecule has 0 heterocycles. The van der Waals surface area contributed by atoms with Gasteiger partial charge >= 0.3 is 0 Å². The van der Waals surface area contributed by atoms with Crippen LogP contribution in [0.4, 0.5) is 0 Å². The first-order valence-electron chi connectivity index (χ1n) is 7.77. The van der Waals surface area contributed by atoms with Gasteiger partial charge in [0.1, 0.15) is 11.5 Å². The zero-order chi connectivity index (χ0) is 17.4. The smallest absolute Gasteiger partial charge is 0.258 e. The molecule has 2 aromatic rings. The Morgan fingerprint density at radius 1 is 1.08 bits per heavy atom. The minimum atomic E-state index is -0.208. The lowest BCUT2D eigenvalue weighted by atomic mass is 10.1. The van der Waals surface area contributed by atoms with Crippen LogP contribution in [0.5, 0.6) is 11.5 Å². The summed E-state index contributed by atoms with van der Waals surface area (Å²) < 4.78 is 10.8. The van der Waals surface area contributed by atoms with Crippen LogP contribution in [0.25, 0.3) is 0 Å². The Morgan fingerprint density at radius 2 is 1.67 bits per heavy atom. The number of nitrogens with zero attached hydrogens (tertiary/aromatic N) is 1.